The molecule has 0 saturated heterocycles. The van der Waals surface area contributed by atoms with E-state index in [2.05, 4.69) is 34.1 Å². The van der Waals surface area contributed by atoms with Gasteiger partial charge in [0.05, 0.1) is 5.69 Å². The van der Waals surface area contributed by atoms with Crippen molar-refractivity contribution in [2.75, 3.05) is 76.0 Å². The van der Waals surface area contributed by atoms with Crippen LogP contribution in [-0.4, -0.2) is 159 Å². The first-order valence-electron chi connectivity index (χ1n) is 12.5. The van der Waals surface area contributed by atoms with Gasteiger partial charge in [0, 0.05) is 157 Å². The third-order valence-electron chi connectivity index (χ3n) is 4.00. The molecule has 0 aliphatic rings. The summed E-state index contributed by atoms with van der Waals surface area (Å²) in [7, 11) is 10.0. The summed E-state index contributed by atoms with van der Waals surface area (Å²) in [6, 6.07) is 27.9. The molecule has 0 radical (unpaired) electrons. The zero-order valence-electron chi connectivity index (χ0n) is 37.9. The average Bonchev–Trinajstić information content (AvgIpc) is 3.22. The molecule has 0 amide bonds. The number of rotatable bonds is 3. The van der Waals surface area contributed by atoms with E-state index in [-0.39, 0.29) is 172 Å². The molecule has 0 saturated carbocycles. The maximum absolute atomic E-state index is 10.1. The van der Waals surface area contributed by atoms with E-state index in [1.165, 1.54) is 0 Å². The smallest absolute Gasteiger partial charge is 0.506 e. The number of hydrogen-bond donors (Lipinski definition) is 13. The van der Waals surface area contributed by atoms with Gasteiger partial charge in [0.2, 0.25) is 0 Å². The Balaban J connectivity index is -0.0000000179. The number of aliphatic hydroxyl groups is 10. The first kappa shape index (κ1) is 145. The Morgan fingerprint density at radius 1 is 0.400 bits per heavy atom. The van der Waals surface area contributed by atoms with Gasteiger partial charge < -0.3 is 122 Å². The molecule has 60 heavy (non-hydrogen) atoms. The molecule has 0 fully saturated rings. The fourth-order valence-corrected chi connectivity index (χ4v) is 2.92. The summed E-state index contributed by atoms with van der Waals surface area (Å²) in [5.74, 6) is 0.190. The number of fused-ring (bicyclic) bond motifs is 1. The Labute approximate surface area is 435 Å². The van der Waals surface area contributed by atoms with Crippen LogP contribution in [0.25, 0.3) is 10.9 Å². The zero-order valence-corrected chi connectivity index (χ0v) is 47.9. The predicted octanol–water partition coefficient (Wildman–Crippen LogP) is 1.73. The van der Waals surface area contributed by atoms with Gasteiger partial charge >= 0.3 is 42.1 Å². The van der Waals surface area contributed by atoms with Crippen molar-refractivity contribution < 1.29 is 188 Å². The molecule has 0 atom stereocenters. The maximum Gasteiger partial charge on any atom is 4.00 e. The number of benzene rings is 3. The SMILES string of the molecule is CO.CO.CO.CO.CO.CO.CO.CO.CO.CO.O.O.O.OO.Oc1ccc(N(c2ccccc2)c2ccccc2)c2cccnc12.[CH3-].[CH3-].[CH3-].[CH3-].[CH3-].[CH3-].[Mo+2].[Mo+4].[Mo].[Mo].[Mo]. The first-order chi connectivity index (χ1) is 22.8. The van der Waals surface area contributed by atoms with Gasteiger partial charge in [-0.25, -0.2) is 0 Å². The molecule has 18 nitrogen and oxygen atoms in total. The van der Waals surface area contributed by atoms with Crippen molar-refractivity contribution in [3.05, 3.63) is 136 Å². The van der Waals surface area contributed by atoms with E-state index in [1.54, 1.807) is 12.3 Å². The minimum atomic E-state index is 0. The third kappa shape index (κ3) is 69.2. The number of para-hydroxylation sites is 2. The maximum atomic E-state index is 10.1. The monoisotopic (exact) mass is 1300 g/mol. The van der Waals surface area contributed by atoms with Crippen molar-refractivity contribution in [1.82, 2.24) is 4.98 Å². The van der Waals surface area contributed by atoms with Crippen molar-refractivity contribution in [2.45, 2.75) is 0 Å². The van der Waals surface area contributed by atoms with Crippen LogP contribution in [0.4, 0.5) is 17.1 Å². The summed E-state index contributed by atoms with van der Waals surface area (Å²) in [4.78, 5) is 6.50. The number of nitrogens with zero attached hydrogens (tertiary/aromatic N) is 2. The Kier molecular flexibility index (Phi) is 350. The molecule has 23 heteroatoms. The van der Waals surface area contributed by atoms with Crippen LogP contribution in [0.1, 0.15) is 0 Å². The van der Waals surface area contributed by atoms with E-state index < -0.39 is 0 Å². The molecule has 19 N–H and O–H groups in total. The summed E-state index contributed by atoms with van der Waals surface area (Å²) in [5, 5.41) is 93.0. The van der Waals surface area contributed by atoms with Gasteiger partial charge in [-0.1, -0.05) is 36.4 Å². The van der Waals surface area contributed by atoms with Crippen LogP contribution in [0.15, 0.2) is 91.1 Å². The Morgan fingerprint density at radius 3 is 0.900 bits per heavy atom. The summed E-state index contributed by atoms with van der Waals surface area (Å²) < 4.78 is 0. The van der Waals surface area contributed by atoms with Crippen LogP contribution >= 0.6 is 0 Å². The van der Waals surface area contributed by atoms with Crippen LogP contribution in [0.2, 0.25) is 0 Å². The quantitative estimate of drug-likeness (QED) is 0.0601. The Hall–Kier alpha value is -0.488. The molecular weight excluding hydrogens is 1210 g/mol. The van der Waals surface area contributed by atoms with E-state index in [4.69, 9.17) is 61.6 Å². The molecular formula is C37H82Mo5N2O16. The van der Waals surface area contributed by atoms with E-state index >= 15 is 0 Å². The molecule has 4 aromatic rings. The Morgan fingerprint density at radius 2 is 0.650 bits per heavy atom. The topological polar surface area (TPSA) is 374 Å². The van der Waals surface area contributed by atoms with Gasteiger partial charge in [-0.3, -0.25) is 15.5 Å². The van der Waals surface area contributed by atoms with Crippen molar-refractivity contribution in [2.24, 2.45) is 0 Å². The molecule has 0 unspecified atom stereocenters. The second kappa shape index (κ2) is 145. The number of pyridine rings is 1. The Bertz CT molecular complexity index is 997. The molecule has 0 aliphatic carbocycles. The number of aliphatic hydroxyl groups excluding tert-OH is 10. The van der Waals surface area contributed by atoms with E-state index in [0.717, 1.165) is 93.5 Å². The minimum Gasteiger partial charge on any atom is -0.506 e. The van der Waals surface area contributed by atoms with Crippen LogP contribution in [0, 0.1) is 44.6 Å². The fourth-order valence-electron chi connectivity index (χ4n) is 2.92. The summed E-state index contributed by atoms with van der Waals surface area (Å²) in [6.45, 7) is 0. The number of aromatic nitrogens is 1. The number of anilines is 3. The fraction of sp³-hybridized carbons (Fsp3) is 0.270. The second-order valence-corrected chi connectivity index (χ2v) is 5.51. The third-order valence-corrected chi connectivity index (χ3v) is 4.00. The molecule has 366 valence electrons. The molecule has 0 bridgehead atoms. The standard InChI is InChI=1S/C21H16N2O.10CH4O.6CH3.5Mo.H2O2.3H2O/c24-20-14-13-19(18-12-7-15-22-21(18)20)23(16-8-3-1-4-9-16)17-10-5-2-6-11-17;10*1-2;;;;;;;;;;;;1-2;;;/h1-15,24H;10*2H,1H3;6*1H3;;;;;;1-2H;3*1H2/q;;;;;;;;;;;6*-1;;;;+2;+4;;;;. The zero-order chi connectivity index (χ0) is 38.4. The molecule has 0 aliphatic heterocycles. The molecule has 0 spiro atoms. The van der Waals surface area contributed by atoms with Crippen molar-refractivity contribution in [3.8, 4) is 5.75 Å². The predicted molar refractivity (Wildman–Crippen MR) is 234 cm³/mol. The van der Waals surface area contributed by atoms with Gasteiger partial charge in [0.1, 0.15) is 11.3 Å². The number of phenolic OH excluding ortho intramolecular Hbond substituents is 1. The normalized spacial score (nSPS) is 5.37. The molecule has 3 aromatic carbocycles. The van der Waals surface area contributed by atoms with Gasteiger partial charge in [0.25, 0.3) is 0 Å². The number of hydrogen-bond acceptors (Lipinski definition) is 15. The largest absolute Gasteiger partial charge is 4.00 e. The summed E-state index contributed by atoms with van der Waals surface area (Å²) >= 11 is 0. The van der Waals surface area contributed by atoms with E-state index in [1.807, 2.05) is 54.6 Å². The molecule has 1 heterocycles. The van der Waals surface area contributed by atoms with Crippen LogP contribution in [-0.2, 0) is 105 Å². The van der Waals surface area contributed by atoms with Gasteiger partial charge in [-0.2, -0.15) is 0 Å². The van der Waals surface area contributed by atoms with E-state index in [9.17, 15) is 5.11 Å². The van der Waals surface area contributed by atoms with Crippen LogP contribution in [0.3, 0.4) is 0 Å². The van der Waals surface area contributed by atoms with Crippen molar-refractivity contribution in [1.29, 1.82) is 0 Å². The van der Waals surface area contributed by atoms with Gasteiger partial charge in [-0.15, -0.1) is 0 Å². The van der Waals surface area contributed by atoms with Gasteiger partial charge in [-0.05, 0) is 48.5 Å². The molecule has 4 rings (SSSR count). The molecule has 1 aromatic heterocycles. The average molecular weight is 1290 g/mol. The van der Waals surface area contributed by atoms with Crippen molar-refractivity contribution in [3.63, 3.8) is 0 Å². The van der Waals surface area contributed by atoms with Crippen LogP contribution in [0.5, 0.6) is 5.75 Å². The van der Waals surface area contributed by atoms with Crippen molar-refractivity contribution >= 4 is 28.0 Å². The second-order valence-electron chi connectivity index (χ2n) is 5.51. The first-order valence-corrected chi connectivity index (χ1v) is 12.5. The van der Waals surface area contributed by atoms with Crippen LogP contribution < -0.4 is 4.90 Å². The minimum absolute atomic E-state index is 0. The summed E-state index contributed by atoms with van der Waals surface area (Å²) in [6.07, 6.45) is 1.70. The van der Waals surface area contributed by atoms with E-state index in [0.29, 0.717) is 5.52 Å². The van der Waals surface area contributed by atoms with Gasteiger partial charge in [0.15, 0.2) is 0 Å². The number of phenols is 1. The number of aromatic hydroxyl groups is 1. The summed E-state index contributed by atoms with van der Waals surface area (Å²) in [5.41, 5.74) is 3.69.